The van der Waals surface area contributed by atoms with Crippen molar-refractivity contribution in [3.05, 3.63) is 70.8 Å². The maximum Gasteiger partial charge on any atom is 0.309 e. The maximum absolute atomic E-state index is 14.0. The number of fused-ring (bicyclic) bond motifs is 2. The first-order chi connectivity index (χ1) is 14.9. The molecule has 2 aliphatic rings. The Morgan fingerprint density at radius 1 is 1.22 bits per heavy atom. The second-order valence-electron chi connectivity index (χ2n) is 10.1. The zero-order valence-corrected chi connectivity index (χ0v) is 19.3. The number of carboxylic acid groups (broad SMARTS) is 1. The Labute approximate surface area is 187 Å². The first-order valence-electron chi connectivity index (χ1n) is 10.8. The summed E-state index contributed by atoms with van der Waals surface area (Å²) in [5.74, 6) is -1.08. The topological polar surface area (TPSA) is 71.7 Å². The molecule has 2 aromatic rings. The van der Waals surface area contributed by atoms with Crippen molar-refractivity contribution < 1.29 is 24.1 Å². The number of aliphatic hydroxyl groups is 1. The number of aliphatic carboxylic acids is 1. The molecule has 1 aliphatic carbocycles. The standard InChI is InChI=1S/C26H30FNO4/c1-7-8-19(29)20-16(3)28(17-9-10-18(27)15(2)11-17)22-21(20)26(32-14-24(22,4)5)12-25(6,13-26)23(30)31/h7-11,29H,1,12-14H2,2-6H3,(H,30,31)/b19-8+. The average Bonchev–Trinajstić information content (AvgIpc) is 3.00. The van der Waals surface area contributed by atoms with Crippen LogP contribution in [0.1, 0.15) is 61.7 Å². The van der Waals surface area contributed by atoms with Crippen LogP contribution in [-0.4, -0.2) is 27.4 Å². The van der Waals surface area contributed by atoms with Gasteiger partial charge in [0.1, 0.15) is 11.6 Å². The van der Waals surface area contributed by atoms with Gasteiger partial charge < -0.3 is 19.5 Å². The monoisotopic (exact) mass is 439 g/mol. The number of carboxylic acids is 1. The minimum absolute atomic E-state index is 0.0518. The van der Waals surface area contributed by atoms with Gasteiger partial charge >= 0.3 is 5.97 Å². The van der Waals surface area contributed by atoms with Crippen LogP contribution < -0.4 is 0 Å². The largest absolute Gasteiger partial charge is 0.507 e. The van der Waals surface area contributed by atoms with E-state index in [1.54, 1.807) is 26.0 Å². The predicted octanol–water partition coefficient (Wildman–Crippen LogP) is 5.71. The highest BCUT2D eigenvalue weighted by molar-refractivity contribution is 5.78. The van der Waals surface area contributed by atoms with Crippen LogP contribution in [0.15, 0.2) is 36.9 Å². The van der Waals surface area contributed by atoms with Crippen molar-refractivity contribution in [2.24, 2.45) is 5.41 Å². The Balaban J connectivity index is 2.06. The van der Waals surface area contributed by atoms with Crippen LogP contribution >= 0.6 is 0 Å². The summed E-state index contributed by atoms with van der Waals surface area (Å²) < 4.78 is 22.5. The molecule has 1 fully saturated rings. The second kappa shape index (κ2) is 7.07. The van der Waals surface area contributed by atoms with Crippen molar-refractivity contribution in [1.29, 1.82) is 0 Å². The van der Waals surface area contributed by atoms with Crippen molar-refractivity contribution in [1.82, 2.24) is 4.57 Å². The molecule has 1 aliphatic heterocycles. The molecule has 0 unspecified atom stereocenters. The van der Waals surface area contributed by atoms with Crippen LogP contribution in [0.4, 0.5) is 4.39 Å². The van der Waals surface area contributed by atoms with Crippen LogP contribution in [0.3, 0.4) is 0 Å². The van der Waals surface area contributed by atoms with E-state index in [0.717, 1.165) is 22.6 Å². The van der Waals surface area contributed by atoms with Crippen molar-refractivity contribution in [3.63, 3.8) is 0 Å². The first kappa shape index (κ1) is 22.3. The lowest BCUT2D eigenvalue weighted by atomic mass is 9.55. The number of aliphatic hydroxyl groups excluding tert-OH is 1. The zero-order chi connectivity index (χ0) is 23.6. The summed E-state index contributed by atoms with van der Waals surface area (Å²) in [5, 5.41) is 20.8. The van der Waals surface area contributed by atoms with Crippen LogP contribution in [0.2, 0.25) is 0 Å². The molecule has 0 atom stereocenters. The van der Waals surface area contributed by atoms with E-state index < -0.39 is 22.4 Å². The molecular formula is C26H30FNO4. The van der Waals surface area contributed by atoms with E-state index in [1.807, 2.05) is 6.92 Å². The van der Waals surface area contributed by atoms with Crippen molar-refractivity contribution >= 4 is 11.7 Å². The summed E-state index contributed by atoms with van der Waals surface area (Å²) >= 11 is 0. The van der Waals surface area contributed by atoms with Gasteiger partial charge in [0.25, 0.3) is 0 Å². The van der Waals surface area contributed by atoms with E-state index in [9.17, 15) is 19.4 Å². The number of benzene rings is 1. The molecule has 1 saturated carbocycles. The van der Waals surface area contributed by atoms with Gasteiger partial charge in [-0.15, -0.1) is 0 Å². The second-order valence-corrected chi connectivity index (χ2v) is 10.1. The molecule has 5 nitrogen and oxygen atoms in total. The highest BCUT2D eigenvalue weighted by atomic mass is 19.1. The molecule has 1 aromatic heterocycles. The molecule has 0 radical (unpaired) electrons. The van der Waals surface area contributed by atoms with Crippen molar-refractivity contribution in [3.8, 4) is 5.69 Å². The third kappa shape index (κ3) is 3.04. The molecule has 6 heteroatoms. The van der Waals surface area contributed by atoms with E-state index in [-0.39, 0.29) is 11.6 Å². The van der Waals surface area contributed by atoms with Crippen molar-refractivity contribution in [2.75, 3.05) is 6.61 Å². The van der Waals surface area contributed by atoms with Gasteiger partial charge in [-0.05, 0) is 63.5 Å². The van der Waals surface area contributed by atoms with Gasteiger partial charge in [0, 0.05) is 33.6 Å². The fourth-order valence-electron chi connectivity index (χ4n) is 5.47. The summed E-state index contributed by atoms with van der Waals surface area (Å²) in [7, 11) is 0. The molecule has 170 valence electrons. The number of hydrogen-bond acceptors (Lipinski definition) is 3. The molecule has 2 heterocycles. The van der Waals surface area contributed by atoms with E-state index in [1.165, 1.54) is 18.2 Å². The molecule has 2 N–H and O–H groups in total. The smallest absolute Gasteiger partial charge is 0.309 e. The number of aromatic nitrogens is 1. The van der Waals surface area contributed by atoms with E-state index in [4.69, 9.17) is 4.74 Å². The molecule has 0 bridgehead atoms. The highest BCUT2D eigenvalue weighted by Gasteiger charge is 2.63. The van der Waals surface area contributed by atoms with E-state index in [0.29, 0.717) is 30.6 Å². The van der Waals surface area contributed by atoms with Gasteiger partial charge in [-0.3, -0.25) is 4.79 Å². The normalized spacial score (nSPS) is 26.5. The lowest BCUT2D eigenvalue weighted by Gasteiger charge is -2.56. The molecule has 0 saturated heterocycles. The Morgan fingerprint density at radius 3 is 2.44 bits per heavy atom. The number of rotatable bonds is 4. The lowest BCUT2D eigenvalue weighted by Crippen LogP contribution is -2.58. The van der Waals surface area contributed by atoms with Crippen molar-refractivity contribution in [2.45, 2.75) is 58.5 Å². The summed E-state index contributed by atoms with van der Waals surface area (Å²) in [6, 6.07) is 4.97. The number of hydrogen-bond donors (Lipinski definition) is 2. The average molecular weight is 440 g/mol. The number of aryl methyl sites for hydroxylation is 1. The van der Waals surface area contributed by atoms with E-state index in [2.05, 4.69) is 25.0 Å². The predicted molar refractivity (Wildman–Crippen MR) is 122 cm³/mol. The minimum atomic E-state index is -0.893. The molecule has 4 rings (SSSR count). The zero-order valence-electron chi connectivity index (χ0n) is 19.3. The summed E-state index contributed by atoms with van der Waals surface area (Å²) in [5.41, 5.74) is 2.40. The molecule has 32 heavy (non-hydrogen) atoms. The van der Waals surface area contributed by atoms with Gasteiger partial charge in [-0.25, -0.2) is 4.39 Å². The Kier molecular flexibility index (Phi) is 4.94. The van der Waals surface area contributed by atoms with Crippen LogP contribution in [-0.2, 0) is 20.5 Å². The molecule has 1 spiro atoms. The third-order valence-corrected chi connectivity index (χ3v) is 7.01. The number of carbonyl (C=O) groups is 1. The SMILES string of the molecule is C=C/C=C(/O)c1c2c(n(-c3ccc(F)c(C)c3)c1C)C(C)(C)COC21CC(C)(C(=O)O)C1. The number of allylic oxidation sites excluding steroid dienone is 2. The first-order valence-corrected chi connectivity index (χ1v) is 10.8. The third-order valence-electron chi connectivity index (χ3n) is 7.01. The van der Waals surface area contributed by atoms with Crippen LogP contribution in [0.5, 0.6) is 0 Å². The number of ether oxygens (including phenoxy) is 1. The summed E-state index contributed by atoms with van der Waals surface area (Å²) in [6.45, 7) is 13.6. The molecule has 0 amide bonds. The maximum atomic E-state index is 14.0. The molecular weight excluding hydrogens is 409 g/mol. The minimum Gasteiger partial charge on any atom is -0.507 e. The van der Waals surface area contributed by atoms with Crippen LogP contribution in [0, 0.1) is 25.1 Å². The Bertz CT molecular complexity index is 1160. The highest BCUT2D eigenvalue weighted by Crippen LogP contribution is 2.62. The van der Waals surface area contributed by atoms with E-state index >= 15 is 0 Å². The van der Waals surface area contributed by atoms with Crippen LogP contribution in [0.25, 0.3) is 11.4 Å². The van der Waals surface area contributed by atoms with Gasteiger partial charge in [-0.1, -0.05) is 26.5 Å². The Morgan fingerprint density at radius 2 is 1.88 bits per heavy atom. The Hall–Kier alpha value is -2.86. The fraction of sp³-hybridized carbons (Fsp3) is 0.423. The van der Waals surface area contributed by atoms with Gasteiger partial charge in [-0.2, -0.15) is 0 Å². The van der Waals surface area contributed by atoms with Gasteiger partial charge in [0.2, 0.25) is 0 Å². The van der Waals surface area contributed by atoms with Gasteiger partial charge in [0.15, 0.2) is 0 Å². The fourth-order valence-corrected chi connectivity index (χ4v) is 5.47. The van der Waals surface area contributed by atoms with Gasteiger partial charge in [0.05, 0.1) is 17.6 Å². The summed E-state index contributed by atoms with van der Waals surface area (Å²) in [6.07, 6.45) is 3.69. The quantitative estimate of drug-likeness (QED) is 0.473. The number of nitrogens with zero attached hydrogens (tertiary/aromatic N) is 1. The number of halogens is 1. The lowest BCUT2D eigenvalue weighted by molar-refractivity contribution is -0.206. The summed E-state index contributed by atoms with van der Waals surface area (Å²) in [4.78, 5) is 11.9. The molecule has 1 aromatic carbocycles.